The first kappa shape index (κ1) is 16.3. The van der Waals surface area contributed by atoms with Crippen molar-refractivity contribution in [2.45, 2.75) is 6.92 Å². The molecule has 0 atom stereocenters. The Kier molecular flexibility index (Phi) is 3.72. The molecule has 0 bridgehead atoms. The maximum atomic E-state index is 13.7. The smallest absolute Gasteiger partial charge is 0.262 e. The van der Waals surface area contributed by atoms with Gasteiger partial charge in [-0.05, 0) is 42.8 Å². The van der Waals surface area contributed by atoms with Gasteiger partial charge in [0.05, 0.1) is 17.1 Å². The van der Waals surface area contributed by atoms with Gasteiger partial charge in [0.1, 0.15) is 5.75 Å². The standard InChI is InChI=1S/C19H15F2N3O2/c1-10-18(11-4-6-16-15(8-11)22-17(25)9-26-16)19(24(2)23-10)12-3-5-13(20)14(21)7-12/h3-8H,9H2,1-2H3,(H,22,25). The van der Waals surface area contributed by atoms with Crippen molar-refractivity contribution in [3.8, 4) is 28.1 Å². The Morgan fingerprint density at radius 1 is 1.12 bits per heavy atom. The Morgan fingerprint density at radius 2 is 1.88 bits per heavy atom. The zero-order valence-electron chi connectivity index (χ0n) is 14.1. The lowest BCUT2D eigenvalue weighted by atomic mass is 9.98. The molecule has 1 amide bonds. The first-order valence-electron chi connectivity index (χ1n) is 8.00. The fourth-order valence-corrected chi connectivity index (χ4v) is 3.22. The van der Waals surface area contributed by atoms with Crippen LogP contribution in [0.25, 0.3) is 22.4 Å². The van der Waals surface area contributed by atoms with E-state index in [9.17, 15) is 13.6 Å². The van der Waals surface area contributed by atoms with Gasteiger partial charge in [-0.15, -0.1) is 0 Å². The van der Waals surface area contributed by atoms with E-state index >= 15 is 0 Å². The highest BCUT2D eigenvalue weighted by Crippen LogP contribution is 2.39. The van der Waals surface area contributed by atoms with Crippen molar-refractivity contribution in [1.29, 1.82) is 0 Å². The number of anilines is 1. The van der Waals surface area contributed by atoms with Crippen LogP contribution in [0.5, 0.6) is 5.75 Å². The van der Waals surface area contributed by atoms with Crippen LogP contribution in [0, 0.1) is 18.6 Å². The summed E-state index contributed by atoms with van der Waals surface area (Å²) < 4.78 is 34.1. The van der Waals surface area contributed by atoms with Gasteiger partial charge in [0, 0.05) is 18.2 Å². The Labute approximate surface area is 148 Å². The minimum Gasteiger partial charge on any atom is -0.482 e. The quantitative estimate of drug-likeness (QED) is 0.763. The summed E-state index contributed by atoms with van der Waals surface area (Å²) in [5.74, 6) is -1.45. The van der Waals surface area contributed by atoms with Crippen LogP contribution < -0.4 is 10.1 Å². The molecule has 0 radical (unpaired) electrons. The molecular formula is C19H15F2N3O2. The molecule has 1 aliphatic rings. The van der Waals surface area contributed by atoms with E-state index < -0.39 is 11.6 Å². The Hall–Kier alpha value is -3.22. The maximum absolute atomic E-state index is 13.7. The minimum atomic E-state index is -0.918. The van der Waals surface area contributed by atoms with Crippen LogP contribution in [-0.2, 0) is 11.8 Å². The molecule has 0 fully saturated rings. The normalized spacial score (nSPS) is 13.2. The lowest BCUT2D eigenvalue weighted by Gasteiger charge is -2.19. The second-order valence-electron chi connectivity index (χ2n) is 6.11. The van der Waals surface area contributed by atoms with Gasteiger partial charge < -0.3 is 10.1 Å². The second kappa shape index (κ2) is 5.94. The van der Waals surface area contributed by atoms with E-state index in [1.54, 1.807) is 23.9 Å². The van der Waals surface area contributed by atoms with E-state index in [1.165, 1.54) is 6.07 Å². The van der Waals surface area contributed by atoms with E-state index in [2.05, 4.69) is 10.4 Å². The summed E-state index contributed by atoms with van der Waals surface area (Å²) in [5, 5.41) is 7.20. The van der Waals surface area contributed by atoms with Crippen molar-refractivity contribution in [3.63, 3.8) is 0 Å². The van der Waals surface area contributed by atoms with Gasteiger partial charge in [-0.25, -0.2) is 8.78 Å². The van der Waals surface area contributed by atoms with Crippen LogP contribution in [0.1, 0.15) is 5.69 Å². The number of amides is 1. The lowest BCUT2D eigenvalue weighted by Crippen LogP contribution is -2.25. The van der Waals surface area contributed by atoms with Crippen molar-refractivity contribution in [2.75, 3.05) is 11.9 Å². The molecular weight excluding hydrogens is 340 g/mol. The van der Waals surface area contributed by atoms with Gasteiger partial charge in [0.15, 0.2) is 18.2 Å². The number of halogens is 2. The van der Waals surface area contributed by atoms with E-state index in [0.29, 0.717) is 22.7 Å². The molecule has 0 unspecified atom stereocenters. The van der Waals surface area contributed by atoms with Gasteiger partial charge >= 0.3 is 0 Å². The van der Waals surface area contributed by atoms with Crippen LogP contribution in [0.3, 0.4) is 0 Å². The molecule has 2 aromatic carbocycles. The van der Waals surface area contributed by atoms with Gasteiger partial charge in [-0.2, -0.15) is 5.10 Å². The number of hydrogen-bond acceptors (Lipinski definition) is 3. The van der Waals surface area contributed by atoms with Crippen LogP contribution in [0.15, 0.2) is 36.4 Å². The number of carbonyl (C=O) groups excluding carboxylic acids is 1. The number of ether oxygens (including phenoxy) is 1. The van der Waals surface area contributed by atoms with Crippen LogP contribution in [0.2, 0.25) is 0 Å². The van der Waals surface area contributed by atoms with Crippen LogP contribution >= 0.6 is 0 Å². The summed E-state index contributed by atoms with van der Waals surface area (Å²) in [6, 6.07) is 9.17. The average Bonchev–Trinajstić information content (AvgIpc) is 2.90. The number of fused-ring (bicyclic) bond motifs is 1. The maximum Gasteiger partial charge on any atom is 0.262 e. The summed E-state index contributed by atoms with van der Waals surface area (Å²) in [5.41, 5.74) is 4.04. The third kappa shape index (κ3) is 2.61. The predicted octanol–water partition coefficient (Wildman–Crippen LogP) is 3.67. The van der Waals surface area contributed by atoms with Gasteiger partial charge in [-0.1, -0.05) is 6.07 Å². The topological polar surface area (TPSA) is 56.2 Å². The molecule has 2 heterocycles. The summed E-state index contributed by atoms with van der Waals surface area (Å²) in [7, 11) is 1.75. The van der Waals surface area contributed by atoms with Gasteiger partial charge in [0.2, 0.25) is 0 Å². The lowest BCUT2D eigenvalue weighted by molar-refractivity contribution is -0.118. The number of aromatic nitrogens is 2. The third-order valence-electron chi connectivity index (χ3n) is 4.32. The van der Waals surface area contributed by atoms with Crippen LogP contribution in [0.4, 0.5) is 14.5 Å². The monoisotopic (exact) mass is 355 g/mol. The third-order valence-corrected chi connectivity index (χ3v) is 4.32. The summed E-state index contributed by atoms with van der Waals surface area (Å²) in [4.78, 5) is 11.6. The molecule has 4 rings (SSSR count). The number of nitrogens with one attached hydrogen (secondary N) is 1. The molecule has 26 heavy (non-hydrogen) atoms. The first-order valence-corrected chi connectivity index (χ1v) is 8.00. The highest BCUT2D eigenvalue weighted by atomic mass is 19.2. The Bertz CT molecular complexity index is 1040. The number of rotatable bonds is 2. The molecule has 0 aliphatic carbocycles. The zero-order valence-corrected chi connectivity index (χ0v) is 14.1. The molecule has 1 aromatic heterocycles. The Balaban J connectivity index is 1.89. The predicted molar refractivity (Wildman–Crippen MR) is 92.9 cm³/mol. The summed E-state index contributed by atoms with van der Waals surface area (Å²) in [6.45, 7) is 1.83. The molecule has 0 spiro atoms. The second-order valence-corrected chi connectivity index (χ2v) is 6.11. The number of hydrogen-bond donors (Lipinski definition) is 1. The number of benzene rings is 2. The molecule has 0 saturated carbocycles. The van der Waals surface area contributed by atoms with Crippen molar-refractivity contribution in [2.24, 2.45) is 7.05 Å². The van der Waals surface area contributed by atoms with E-state index in [0.717, 1.165) is 29.0 Å². The SMILES string of the molecule is Cc1nn(C)c(-c2ccc(F)c(F)c2)c1-c1ccc2c(c1)NC(=O)CO2. The summed E-state index contributed by atoms with van der Waals surface area (Å²) >= 11 is 0. The molecule has 3 aromatic rings. The highest BCUT2D eigenvalue weighted by Gasteiger charge is 2.21. The molecule has 0 saturated heterocycles. The van der Waals surface area contributed by atoms with Crippen molar-refractivity contribution >= 4 is 11.6 Å². The van der Waals surface area contributed by atoms with E-state index in [4.69, 9.17) is 4.74 Å². The zero-order chi connectivity index (χ0) is 18.4. The minimum absolute atomic E-state index is 0.0155. The fourth-order valence-electron chi connectivity index (χ4n) is 3.22. The number of nitrogens with zero attached hydrogens (tertiary/aromatic N) is 2. The molecule has 1 aliphatic heterocycles. The number of aryl methyl sites for hydroxylation is 2. The highest BCUT2D eigenvalue weighted by molar-refractivity contribution is 5.97. The van der Waals surface area contributed by atoms with Crippen molar-refractivity contribution < 1.29 is 18.3 Å². The van der Waals surface area contributed by atoms with E-state index in [-0.39, 0.29) is 12.5 Å². The van der Waals surface area contributed by atoms with Gasteiger partial charge in [-0.3, -0.25) is 9.48 Å². The number of carbonyl (C=O) groups is 1. The van der Waals surface area contributed by atoms with Crippen molar-refractivity contribution in [1.82, 2.24) is 9.78 Å². The molecule has 7 heteroatoms. The summed E-state index contributed by atoms with van der Waals surface area (Å²) in [6.07, 6.45) is 0. The van der Waals surface area contributed by atoms with Crippen LogP contribution in [-0.4, -0.2) is 22.3 Å². The van der Waals surface area contributed by atoms with Gasteiger partial charge in [0.25, 0.3) is 5.91 Å². The molecule has 132 valence electrons. The molecule has 5 nitrogen and oxygen atoms in total. The fraction of sp³-hybridized carbons (Fsp3) is 0.158. The Morgan fingerprint density at radius 3 is 2.65 bits per heavy atom. The van der Waals surface area contributed by atoms with Crippen molar-refractivity contribution in [3.05, 3.63) is 53.7 Å². The van der Waals surface area contributed by atoms with E-state index in [1.807, 2.05) is 13.0 Å². The first-order chi connectivity index (χ1) is 12.4. The largest absolute Gasteiger partial charge is 0.482 e. The average molecular weight is 355 g/mol. The molecule has 1 N–H and O–H groups in total.